The first-order valence-corrected chi connectivity index (χ1v) is 16.0. The maximum atomic E-state index is 14.4. The molecule has 0 spiro atoms. The van der Waals surface area contributed by atoms with E-state index in [9.17, 15) is 22.4 Å². The second-order valence-corrected chi connectivity index (χ2v) is 13.0. The van der Waals surface area contributed by atoms with Gasteiger partial charge < -0.3 is 10.2 Å². The Morgan fingerprint density at radius 1 is 0.864 bits per heavy atom. The van der Waals surface area contributed by atoms with Gasteiger partial charge in [-0.05, 0) is 73.9 Å². The van der Waals surface area contributed by atoms with E-state index in [2.05, 4.69) is 5.32 Å². The van der Waals surface area contributed by atoms with Gasteiger partial charge in [0, 0.05) is 24.0 Å². The second kappa shape index (κ2) is 14.5. The van der Waals surface area contributed by atoms with Gasteiger partial charge in [0.15, 0.2) is 0 Å². The van der Waals surface area contributed by atoms with Crippen LogP contribution in [0.1, 0.15) is 30.5 Å². The van der Waals surface area contributed by atoms with Gasteiger partial charge in [0.25, 0.3) is 10.0 Å². The fraction of sp³-hybridized carbons (Fsp3) is 0.235. The summed E-state index contributed by atoms with van der Waals surface area (Å²) in [6.07, 6.45) is 0.175. The van der Waals surface area contributed by atoms with Crippen LogP contribution in [0.4, 0.5) is 10.1 Å². The van der Waals surface area contributed by atoms with Crippen LogP contribution in [-0.4, -0.2) is 43.8 Å². The van der Waals surface area contributed by atoms with Crippen LogP contribution in [0.2, 0.25) is 5.02 Å². The Labute approximate surface area is 263 Å². The summed E-state index contributed by atoms with van der Waals surface area (Å²) >= 11 is 6.40. The summed E-state index contributed by atoms with van der Waals surface area (Å²) in [5.74, 6) is -1.46. The fourth-order valence-corrected chi connectivity index (χ4v) is 6.31. The van der Waals surface area contributed by atoms with Gasteiger partial charge in [0.2, 0.25) is 11.8 Å². The molecule has 4 rings (SSSR count). The largest absolute Gasteiger partial charge is 0.352 e. The Morgan fingerprint density at radius 2 is 1.48 bits per heavy atom. The fourth-order valence-electron chi connectivity index (χ4n) is 4.71. The maximum Gasteiger partial charge on any atom is 0.264 e. The van der Waals surface area contributed by atoms with Crippen molar-refractivity contribution in [2.24, 2.45) is 0 Å². The molecule has 0 aliphatic heterocycles. The summed E-state index contributed by atoms with van der Waals surface area (Å²) in [5.41, 5.74) is 2.33. The minimum atomic E-state index is -4.24. The number of halogens is 2. The summed E-state index contributed by atoms with van der Waals surface area (Å²) in [6, 6.07) is 26.2. The zero-order chi connectivity index (χ0) is 31.9. The monoisotopic (exact) mass is 635 g/mol. The molecule has 1 unspecified atom stereocenters. The van der Waals surface area contributed by atoms with Gasteiger partial charge in [0.05, 0.1) is 10.6 Å². The lowest BCUT2D eigenvalue weighted by atomic mass is 10.0. The molecule has 0 radical (unpaired) electrons. The first-order chi connectivity index (χ1) is 21.0. The van der Waals surface area contributed by atoms with Crippen LogP contribution in [-0.2, 0) is 32.6 Å². The summed E-state index contributed by atoms with van der Waals surface area (Å²) in [5, 5.41) is 3.24. The van der Waals surface area contributed by atoms with Crippen molar-refractivity contribution in [3.8, 4) is 0 Å². The molecule has 7 nitrogen and oxygen atoms in total. The van der Waals surface area contributed by atoms with Gasteiger partial charge in [-0.1, -0.05) is 78.3 Å². The molecule has 4 aromatic carbocycles. The maximum absolute atomic E-state index is 14.4. The number of carbonyl (C=O) groups excluding carboxylic acids is 2. The highest BCUT2D eigenvalue weighted by Gasteiger charge is 2.35. The Morgan fingerprint density at radius 3 is 2.07 bits per heavy atom. The third-order valence-electron chi connectivity index (χ3n) is 7.02. The minimum Gasteiger partial charge on any atom is -0.352 e. The number of nitrogens with zero attached hydrogens (tertiary/aromatic N) is 2. The highest BCUT2D eigenvalue weighted by Crippen LogP contribution is 2.29. The number of hydrogen-bond donors (Lipinski definition) is 1. The number of amides is 2. The number of aryl methyl sites for hydroxylation is 1. The summed E-state index contributed by atoms with van der Waals surface area (Å²) in [6.45, 7) is 4.76. The lowest BCUT2D eigenvalue weighted by Crippen LogP contribution is -2.54. The first-order valence-electron chi connectivity index (χ1n) is 14.2. The predicted molar refractivity (Wildman–Crippen MR) is 171 cm³/mol. The number of anilines is 1. The number of carbonyl (C=O) groups is 2. The van der Waals surface area contributed by atoms with Crippen LogP contribution in [0.3, 0.4) is 0 Å². The molecule has 2 amide bonds. The van der Waals surface area contributed by atoms with Gasteiger partial charge >= 0.3 is 0 Å². The van der Waals surface area contributed by atoms with Crippen molar-refractivity contribution in [3.63, 3.8) is 0 Å². The lowest BCUT2D eigenvalue weighted by Gasteiger charge is -2.34. The zero-order valence-corrected chi connectivity index (χ0v) is 26.4. The van der Waals surface area contributed by atoms with E-state index in [4.69, 9.17) is 11.6 Å². The topological polar surface area (TPSA) is 86.8 Å². The van der Waals surface area contributed by atoms with E-state index in [1.807, 2.05) is 44.2 Å². The van der Waals surface area contributed by atoms with Crippen molar-refractivity contribution < 1.29 is 22.4 Å². The molecule has 0 saturated carbocycles. The normalized spacial score (nSPS) is 12.0. The van der Waals surface area contributed by atoms with Crippen molar-refractivity contribution in [1.82, 2.24) is 10.2 Å². The summed E-state index contributed by atoms with van der Waals surface area (Å²) in [7, 11) is -4.24. The average molecular weight is 636 g/mol. The van der Waals surface area contributed by atoms with Gasteiger partial charge in [0.1, 0.15) is 18.4 Å². The van der Waals surface area contributed by atoms with Crippen molar-refractivity contribution in [2.45, 2.75) is 50.7 Å². The molecule has 1 N–H and O–H groups in total. The number of sulfonamides is 1. The van der Waals surface area contributed by atoms with Crippen molar-refractivity contribution in [1.29, 1.82) is 0 Å². The average Bonchev–Trinajstić information content (AvgIpc) is 3.00. The van der Waals surface area contributed by atoms with Crippen LogP contribution in [0, 0.1) is 12.7 Å². The molecular weight excluding hydrogens is 601 g/mol. The van der Waals surface area contributed by atoms with E-state index in [1.165, 1.54) is 47.4 Å². The SMILES string of the molecule is Cc1ccc(N(CC(=O)N(Cc2ccc(F)cc2)C(Cc2ccccc2)C(=O)NC(C)C)S(=O)(=O)c2ccccc2)cc1Cl. The molecule has 0 aliphatic carbocycles. The predicted octanol–water partition coefficient (Wildman–Crippen LogP) is 6.15. The summed E-state index contributed by atoms with van der Waals surface area (Å²) < 4.78 is 42.8. The van der Waals surface area contributed by atoms with Crippen LogP contribution >= 0.6 is 11.6 Å². The smallest absolute Gasteiger partial charge is 0.264 e. The van der Waals surface area contributed by atoms with E-state index in [0.29, 0.717) is 10.6 Å². The van der Waals surface area contributed by atoms with Gasteiger partial charge in [-0.25, -0.2) is 12.8 Å². The minimum absolute atomic E-state index is 0.00651. The molecule has 230 valence electrons. The third-order valence-corrected chi connectivity index (χ3v) is 9.22. The molecule has 0 saturated heterocycles. The molecule has 0 fully saturated rings. The van der Waals surface area contributed by atoms with Crippen LogP contribution < -0.4 is 9.62 Å². The molecule has 0 heterocycles. The number of benzene rings is 4. The molecule has 10 heteroatoms. The van der Waals surface area contributed by atoms with Crippen LogP contribution in [0.25, 0.3) is 0 Å². The Bertz CT molecular complexity index is 1690. The second-order valence-electron chi connectivity index (χ2n) is 10.8. The molecular formula is C34H35ClFN3O4S. The van der Waals surface area contributed by atoms with E-state index >= 15 is 0 Å². The van der Waals surface area contributed by atoms with Crippen molar-refractivity contribution in [3.05, 3.63) is 131 Å². The Hall–Kier alpha value is -4.21. The number of rotatable bonds is 12. The van der Waals surface area contributed by atoms with Crippen molar-refractivity contribution in [2.75, 3.05) is 10.8 Å². The van der Waals surface area contributed by atoms with Gasteiger partial charge in [-0.2, -0.15) is 0 Å². The molecule has 0 bridgehead atoms. The highest BCUT2D eigenvalue weighted by atomic mass is 35.5. The van der Waals surface area contributed by atoms with Crippen molar-refractivity contribution >= 4 is 39.1 Å². The molecule has 0 aromatic heterocycles. The number of nitrogens with one attached hydrogen (secondary N) is 1. The molecule has 0 aliphatic rings. The van der Waals surface area contributed by atoms with E-state index in [0.717, 1.165) is 15.4 Å². The van der Waals surface area contributed by atoms with E-state index in [1.54, 1.807) is 37.3 Å². The van der Waals surface area contributed by atoms with E-state index < -0.39 is 40.2 Å². The van der Waals surface area contributed by atoms with Gasteiger partial charge in [-0.3, -0.25) is 13.9 Å². The zero-order valence-electron chi connectivity index (χ0n) is 24.8. The quantitative estimate of drug-likeness (QED) is 0.202. The third kappa shape index (κ3) is 8.24. The van der Waals surface area contributed by atoms with E-state index in [-0.39, 0.29) is 29.6 Å². The molecule has 4 aromatic rings. The Kier molecular flexibility index (Phi) is 10.8. The summed E-state index contributed by atoms with van der Waals surface area (Å²) in [4.78, 5) is 29.4. The highest BCUT2D eigenvalue weighted by molar-refractivity contribution is 7.92. The first kappa shape index (κ1) is 32.7. The molecule has 1 atom stereocenters. The lowest BCUT2D eigenvalue weighted by molar-refractivity contribution is -0.140. The van der Waals surface area contributed by atoms with Gasteiger partial charge in [-0.15, -0.1) is 0 Å². The van der Waals surface area contributed by atoms with Crippen LogP contribution in [0.5, 0.6) is 0 Å². The standard InChI is InChI=1S/C34H35ClFN3O4S/c1-24(2)37-34(41)32(20-26-10-6-4-7-11-26)38(22-27-15-17-28(36)18-16-27)33(40)23-39(29-19-14-25(3)31(35)21-29)44(42,43)30-12-8-5-9-13-30/h4-19,21,24,32H,20,22-23H2,1-3H3,(H,37,41). The number of hydrogen-bond acceptors (Lipinski definition) is 4. The Balaban J connectivity index is 1.81. The van der Waals surface area contributed by atoms with Crippen LogP contribution in [0.15, 0.2) is 108 Å². The molecule has 44 heavy (non-hydrogen) atoms.